The van der Waals surface area contributed by atoms with Crippen LogP contribution in [0.1, 0.15) is 45.4 Å². The van der Waals surface area contributed by atoms with E-state index in [1.54, 1.807) is 0 Å². The third kappa shape index (κ3) is 3.01. The molecular weight excluding hydrogens is 250 g/mol. The minimum absolute atomic E-state index is 0.0996. The molecular formula is C16H29N3O. The highest BCUT2D eigenvalue weighted by molar-refractivity contribution is 5.82. The van der Waals surface area contributed by atoms with Crippen LogP contribution in [0.2, 0.25) is 0 Å². The van der Waals surface area contributed by atoms with E-state index in [1.807, 2.05) is 0 Å². The average molecular weight is 279 g/mol. The van der Waals surface area contributed by atoms with Crippen LogP contribution >= 0.6 is 0 Å². The minimum atomic E-state index is 0.0996. The van der Waals surface area contributed by atoms with Crippen molar-refractivity contribution < 1.29 is 4.79 Å². The van der Waals surface area contributed by atoms with Crippen LogP contribution in [0.4, 0.5) is 0 Å². The van der Waals surface area contributed by atoms with Crippen molar-refractivity contribution in [3.05, 3.63) is 0 Å². The Morgan fingerprint density at radius 1 is 1.05 bits per heavy atom. The summed E-state index contributed by atoms with van der Waals surface area (Å²) < 4.78 is 0. The summed E-state index contributed by atoms with van der Waals surface area (Å²) in [6.07, 6.45) is 7.67. The van der Waals surface area contributed by atoms with Gasteiger partial charge in [-0.2, -0.15) is 0 Å². The monoisotopic (exact) mass is 279 g/mol. The number of hydrogen-bond donors (Lipinski definition) is 1. The molecule has 1 N–H and O–H groups in total. The van der Waals surface area contributed by atoms with Gasteiger partial charge in [-0.1, -0.05) is 19.8 Å². The van der Waals surface area contributed by atoms with Gasteiger partial charge >= 0.3 is 0 Å². The number of nitrogens with one attached hydrogen (secondary N) is 1. The van der Waals surface area contributed by atoms with Gasteiger partial charge in [-0.3, -0.25) is 4.79 Å². The molecule has 20 heavy (non-hydrogen) atoms. The van der Waals surface area contributed by atoms with Gasteiger partial charge in [-0.25, -0.2) is 0 Å². The Balaban J connectivity index is 1.52. The third-order valence-electron chi connectivity index (χ3n) is 5.58. The van der Waals surface area contributed by atoms with E-state index >= 15 is 0 Å². The van der Waals surface area contributed by atoms with Crippen molar-refractivity contribution in [3.63, 3.8) is 0 Å². The van der Waals surface area contributed by atoms with E-state index in [2.05, 4.69) is 22.0 Å². The number of amides is 1. The number of carbonyl (C=O) groups is 1. The zero-order chi connectivity index (χ0) is 13.9. The molecule has 2 aliphatic heterocycles. The Kier molecular flexibility index (Phi) is 4.61. The fraction of sp³-hybridized carbons (Fsp3) is 0.938. The van der Waals surface area contributed by atoms with E-state index in [-0.39, 0.29) is 6.04 Å². The summed E-state index contributed by atoms with van der Waals surface area (Å²) >= 11 is 0. The van der Waals surface area contributed by atoms with Gasteiger partial charge in [0.25, 0.3) is 0 Å². The lowest BCUT2D eigenvalue weighted by Crippen LogP contribution is -2.58. The van der Waals surface area contributed by atoms with Gasteiger partial charge in [-0.15, -0.1) is 0 Å². The molecule has 2 heterocycles. The zero-order valence-electron chi connectivity index (χ0n) is 12.8. The first-order chi connectivity index (χ1) is 9.78. The fourth-order valence-corrected chi connectivity index (χ4v) is 4.19. The van der Waals surface area contributed by atoms with Crippen LogP contribution in [0.25, 0.3) is 0 Å². The largest absolute Gasteiger partial charge is 0.339 e. The molecule has 0 aromatic rings. The SMILES string of the molecule is CCN1CCN(C(=O)C2CCC3CCCCC3N2)CC1. The van der Waals surface area contributed by atoms with Crippen molar-refractivity contribution in [2.75, 3.05) is 32.7 Å². The van der Waals surface area contributed by atoms with Crippen LogP contribution < -0.4 is 5.32 Å². The minimum Gasteiger partial charge on any atom is -0.339 e. The van der Waals surface area contributed by atoms with Crippen molar-refractivity contribution in [2.45, 2.75) is 57.5 Å². The first-order valence-corrected chi connectivity index (χ1v) is 8.55. The Bertz CT molecular complexity index is 339. The number of hydrogen-bond acceptors (Lipinski definition) is 3. The molecule has 2 saturated heterocycles. The van der Waals surface area contributed by atoms with E-state index in [0.29, 0.717) is 11.9 Å². The van der Waals surface area contributed by atoms with Crippen molar-refractivity contribution in [1.29, 1.82) is 0 Å². The van der Waals surface area contributed by atoms with E-state index in [1.165, 1.54) is 32.1 Å². The molecule has 3 atom stereocenters. The molecule has 114 valence electrons. The molecule has 3 rings (SSSR count). The van der Waals surface area contributed by atoms with Gasteiger partial charge in [0.2, 0.25) is 5.91 Å². The average Bonchev–Trinajstić information content (AvgIpc) is 2.54. The lowest BCUT2D eigenvalue weighted by Gasteiger charge is -2.42. The van der Waals surface area contributed by atoms with Gasteiger partial charge in [0, 0.05) is 32.2 Å². The summed E-state index contributed by atoms with van der Waals surface area (Å²) in [5.41, 5.74) is 0. The van der Waals surface area contributed by atoms with E-state index < -0.39 is 0 Å². The van der Waals surface area contributed by atoms with Gasteiger partial charge in [-0.05, 0) is 38.1 Å². The molecule has 0 radical (unpaired) electrons. The highest BCUT2D eigenvalue weighted by Gasteiger charge is 2.36. The van der Waals surface area contributed by atoms with E-state index in [9.17, 15) is 4.79 Å². The summed E-state index contributed by atoms with van der Waals surface area (Å²) in [4.78, 5) is 17.2. The second kappa shape index (κ2) is 6.44. The van der Waals surface area contributed by atoms with Crippen molar-refractivity contribution in [1.82, 2.24) is 15.1 Å². The molecule has 0 bridgehead atoms. The Hall–Kier alpha value is -0.610. The number of fused-ring (bicyclic) bond motifs is 1. The molecule has 1 amide bonds. The van der Waals surface area contributed by atoms with Crippen LogP contribution in [0.15, 0.2) is 0 Å². The predicted octanol–water partition coefficient (Wildman–Crippen LogP) is 1.46. The van der Waals surface area contributed by atoms with Crippen LogP contribution in [0.3, 0.4) is 0 Å². The Morgan fingerprint density at radius 2 is 1.80 bits per heavy atom. The third-order valence-corrected chi connectivity index (χ3v) is 5.58. The highest BCUT2D eigenvalue weighted by Crippen LogP contribution is 2.32. The molecule has 1 saturated carbocycles. The Labute approximate surface area is 122 Å². The summed E-state index contributed by atoms with van der Waals surface area (Å²) in [6, 6.07) is 0.714. The second-order valence-corrected chi connectivity index (χ2v) is 6.71. The molecule has 3 unspecified atom stereocenters. The maximum absolute atomic E-state index is 12.7. The Morgan fingerprint density at radius 3 is 2.55 bits per heavy atom. The quantitative estimate of drug-likeness (QED) is 0.831. The molecule has 0 aromatic heterocycles. The maximum atomic E-state index is 12.7. The highest BCUT2D eigenvalue weighted by atomic mass is 16.2. The first kappa shape index (κ1) is 14.3. The summed E-state index contributed by atoms with van der Waals surface area (Å²) in [7, 11) is 0. The fourth-order valence-electron chi connectivity index (χ4n) is 4.19. The first-order valence-electron chi connectivity index (χ1n) is 8.55. The van der Waals surface area contributed by atoms with Gasteiger partial charge in [0.05, 0.1) is 6.04 Å². The molecule has 1 aliphatic carbocycles. The van der Waals surface area contributed by atoms with Crippen LogP contribution in [-0.4, -0.2) is 60.5 Å². The summed E-state index contributed by atoms with van der Waals surface area (Å²) in [5, 5.41) is 3.67. The summed E-state index contributed by atoms with van der Waals surface area (Å²) in [6.45, 7) is 7.22. The smallest absolute Gasteiger partial charge is 0.239 e. The normalized spacial score (nSPS) is 35.6. The second-order valence-electron chi connectivity index (χ2n) is 6.71. The number of carbonyl (C=O) groups excluding carboxylic acids is 1. The van der Waals surface area contributed by atoms with E-state index in [0.717, 1.165) is 45.1 Å². The zero-order valence-corrected chi connectivity index (χ0v) is 12.8. The lowest BCUT2D eigenvalue weighted by atomic mass is 9.77. The number of nitrogens with zero attached hydrogens (tertiary/aromatic N) is 2. The van der Waals surface area contributed by atoms with Crippen LogP contribution in [0, 0.1) is 5.92 Å². The van der Waals surface area contributed by atoms with Gasteiger partial charge in [0.15, 0.2) is 0 Å². The van der Waals surface area contributed by atoms with Crippen LogP contribution in [0.5, 0.6) is 0 Å². The molecule has 4 nitrogen and oxygen atoms in total. The number of piperazine rings is 1. The molecule has 0 spiro atoms. The standard InChI is InChI=1S/C16H29N3O/c1-2-18-9-11-19(12-10-18)16(20)15-8-7-13-5-3-4-6-14(13)17-15/h13-15,17H,2-12H2,1H3. The van der Waals surface area contributed by atoms with E-state index in [4.69, 9.17) is 0 Å². The number of rotatable bonds is 2. The number of likely N-dealkylation sites (N-methyl/N-ethyl adjacent to an activating group) is 1. The molecule has 4 heteroatoms. The van der Waals surface area contributed by atoms with Crippen molar-refractivity contribution >= 4 is 5.91 Å². The van der Waals surface area contributed by atoms with Gasteiger partial charge in [0.1, 0.15) is 0 Å². The topological polar surface area (TPSA) is 35.6 Å². The molecule has 3 fully saturated rings. The molecule has 3 aliphatic rings. The molecule has 0 aromatic carbocycles. The maximum Gasteiger partial charge on any atom is 0.239 e. The number of piperidine rings is 1. The summed E-state index contributed by atoms with van der Waals surface area (Å²) in [5.74, 6) is 1.20. The van der Waals surface area contributed by atoms with Crippen molar-refractivity contribution in [3.8, 4) is 0 Å². The lowest BCUT2D eigenvalue weighted by molar-refractivity contribution is -0.136. The van der Waals surface area contributed by atoms with Crippen molar-refractivity contribution in [2.24, 2.45) is 5.92 Å². The van der Waals surface area contributed by atoms with Gasteiger partial charge < -0.3 is 15.1 Å². The van der Waals surface area contributed by atoms with Crippen LogP contribution in [-0.2, 0) is 4.79 Å². The predicted molar refractivity (Wildman–Crippen MR) is 80.6 cm³/mol.